The zero-order chi connectivity index (χ0) is 11.5. The molecule has 1 aromatic rings. The minimum Gasteiger partial charge on any atom is -0.398 e. The van der Waals surface area contributed by atoms with Crippen LogP contribution < -0.4 is 5.73 Å². The van der Waals surface area contributed by atoms with Crippen LogP contribution in [0, 0.1) is 5.82 Å². The SMILES string of the molecule is CN1CCN(Cc2ccc(F)cc2N)CC1. The van der Waals surface area contributed by atoms with Crippen molar-refractivity contribution in [1.29, 1.82) is 0 Å². The molecular weight excluding hydrogens is 205 g/mol. The predicted octanol–water partition coefficient (Wildman–Crippen LogP) is 1.16. The molecule has 0 saturated carbocycles. The van der Waals surface area contributed by atoms with E-state index in [9.17, 15) is 4.39 Å². The van der Waals surface area contributed by atoms with Gasteiger partial charge in [0.15, 0.2) is 0 Å². The fraction of sp³-hybridized carbons (Fsp3) is 0.500. The molecule has 0 atom stereocenters. The fourth-order valence-electron chi connectivity index (χ4n) is 1.96. The molecule has 0 spiro atoms. The molecule has 0 bridgehead atoms. The molecular formula is C12H18FN3. The average Bonchev–Trinajstić information content (AvgIpc) is 2.25. The van der Waals surface area contributed by atoms with Crippen LogP contribution >= 0.6 is 0 Å². The monoisotopic (exact) mass is 223 g/mol. The van der Waals surface area contributed by atoms with Crippen molar-refractivity contribution < 1.29 is 4.39 Å². The number of nitrogens with two attached hydrogens (primary N) is 1. The van der Waals surface area contributed by atoms with Gasteiger partial charge in [0.25, 0.3) is 0 Å². The number of halogens is 1. The highest BCUT2D eigenvalue weighted by Crippen LogP contribution is 2.16. The normalized spacial score (nSPS) is 18.9. The van der Waals surface area contributed by atoms with Crippen molar-refractivity contribution >= 4 is 5.69 Å². The van der Waals surface area contributed by atoms with Crippen LogP contribution in [0.25, 0.3) is 0 Å². The number of hydrogen-bond donors (Lipinski definition) is 1. The lowest BCUT2D eigenvalue weighted by Gasteiger charge is -2.32. The van der Waals surface area contributed by atoms with E-state index in [1.165, 1.54) is 12.1 Å². The van der Waals surface area contributed by atoms with E-state index in [-0.39, 0.29) is 5.82 Å². The smallest absolute Gasteiger partial charge is 0.125 e. The lowest BCUT2D eigenvalue weighted by atomic mass is 10.1. The van der Waals surface area contributed by atoms with E-state index in [1.807, 2.05) is 0 Å². The number of nitrogens with zero attached hydrogens (tertiary/aromatic N) is 2. The van der Waals surface area contributed by atoms with Crippen LogP contribution in [-0.4, -0.2) is 43.0 Å². The molecule has 4 heteroatoms. The highest BCUT2D eigenvalue weighted by Gasteiger charge is 2.14. The van der Waals surface area contributed by atoms with Crippen molar-refractivity contribution in [3.8, 4) is 0 Å². The zero-order valence-electron chi connectivity index (χ0n) is 9.62. The molecule has 88 valence electrons. The van der Waals surface area contributed by atoms with Crippen LogP contribution in [0.1, 0.15) is 5.56 Å². The van der Waals surface area contributed by atoms with E-state index >= 15 is 0 Å². The van der Waals surface area contributed by atoms with Gasteiger partial charge in [-0.25, -0.2) is 4.39 Å². The third-order valence-electron chi connectivity index (χ3n) is 3.10. The Kier molecular flexibility index (Phi) is 3.41. The van der Waals surface area contributed by atoms with Crippen molar-refractivity contribution in [2.75, 3.05) is 39.0 Å². The molecule has 0 aliphatic carbocycles. The minimum absolute atomic E-state index is 0.264. The second-order valence-electron chi connectivity index (χ2n) is 4.42. The van der Waals surface area contributed by atoms with E-state index in [4.69, 9.17) is 5.73 Å². The van der Waals surface area contributed by atoms with Crippen LogP contribution in [0.15, 0.2) is 18.2 Å². The molecule has 0 unspecified atom stereocenters. The number of hydrogen-bond acceptors (Lipinski definition) is 3. The van der Waals surface area contributed by atoms with Gasteiger partial charge >= 0.3 is 0 Å². The average molecular weight is 223 g/mol. The summed E-state index contributed by atoms with van der Waals surface area (Å²) in [7, 11) is 2.13. The van der Waals surface area contributed by atoms with Crippen molar-refractivity contribution in [2.24, 2.45) is 0 Å². The third kappa shape index (κ3) is 2.71. The van der Waals surface area contributed by atoms with E-state index < -0.39 is 0 Å². The van der Waals surface area contributed by atoms with E-state index in [2.05, 4.69) is 16.8 Å². The summed E-state index contributed by atoms with van der Waals surface area (Å²) in [4.78, 5) is 4.66. The molecule has 1 aromatic carbocycles. The van der Waals surface area contributed by atoms with Crippen molar-refractivity contribution in [1.82, 2.24) is 9.80 Å². The Balaban J connectivity index is 1.98. The molecule has 0 aromatic heterocycles. The Morgan fingerprint density at radius 1 is 1.25 bits per heavy atom. The Morgan fingerprint density at radius 2 is 1.94 bits per heavy atom. The lowest BCUT2D eigenvalue weighted by molar-refractivity contribution is 0.148. The lowest BCUT2D eigenvalue weighted by Crippen LogP contribution is -2.43. The van der Waals surface area contributed by atoms with E-state index in [0.717, 1.165) is 38.3 Å². The summed E-state index contributed by atoms with van der Waals surface area (Å²) in [5.74, 6) is -0.264. The molecule has 1 fully saturated rings. The first-order valence-corrected chi connectivity index (χ1v) is 5.60. The Hall–Kier alpha value is -1.13. The molecule has 0 amide bonds. The zero-order valence-corrected chi connectivity index (χ0v) is 9.62. The number of likely N-dealkylation sites (N-methyl/N-ethyl adjacent to an activating group) is 1. The van der Waals surface area contributed by atoms with Gasteiger partial charge in [-0.3, -0.25) is 4.90 Å². The maximum atomic E-state index is 12.9. The molecule has 1 aliphatic heterocycles. The van der Waals surface area contributed by atoms with Gasteiger partial charge in [-0.15, -0.1) is 0 Å². The van der Waals surface area contributed by atoms with Crippen molar-refractivity contribution in [3.63, 3.8) is 0 Å². The number of piperazine rings is 1. The molecule has 3 nitrogen and oxygen atoms in total. The third-order valence-corrected chi connectivity index (χ3v) is 3.10. The summed E-state index contributed by atoms with van der Waals surface area (Å²) < 4.78 is 12.9. The van der Waals surface area contributed by atoms with Gasteiger partial charge < -0.3 is 10.6 Å². The highest BCUT2D eigenvalue weighted by atomic mass is 19.1. The number of anilines is 1. The number of nitrogen functional groups attached to an aromatic ring is 1. The Bertz CT molecular complexity index is 359. The minimum atomic E-state index is -0.264. The first kappa shape index (κ1) is 11.4. The summed E-state index contributed by atoms with van der Waals surface area (Å²) in [5.41, 5.74) is 7.36. The molecule has 1 heterocycles. The van der Waals surface area contributed by atoms with Crippen molar-refractivity contribution in [3.05, 3.63) is 29.6 Å². The van der Waals surface area contributed by atoms with E-state index in [0.29, 0.717) is 5.69 Å². The van der Waals surface area contributed by atoms with Gasteiger partial charge in [-0.05, 0) is 24.7 Å². The molecule has 2 N–H and O–H groups in total. The molecule has 16 heavy (non-hydrogen) atoms. The number of rotatable bonds is 2. The molecule has 1 aliphatic rings. The van der Waals surface area contributed by atoms with Crippen LogP contribution in [0.4, 0.5) is 10.1 Å². The summed E-state index contributed by atoms with van der Waals surface area (Å²) in [6.45, 7) is 5.09. The maximum absolute atomic E-state index is 12.9. The summed E-state index contributed by atoms with van der Waals surface area (Å²) >= 11 is 0. The number of benzene rings is 1. The highest BCUT2D eigenvalue weighted by molar-refractivity contribution is 5.46. The summed E-state index contributed by atoms with van der Waals surface area (Å²) in [6.07, 6.45) is 0. The topological polar surface area (TPSA) is 32.5 Å². The van der Waals surface area contributed by atoms with E-state index in [1.54, 1.807) is 6.07 Å². The predicted molar refractivity (Wildman–Crippen MR) is 63.6 cm³/mol. The van der Waals surface area contributed by atoms with Crippen LogP contribution in [-0.2, 0) is 6.54 Å². The van der Waals surface area contributed by atoms with Gasteiger partial charge in [0.05, 0.1) is 0 Å². The standard InChI is InChI=1S/C12H18FN3/c1-15-4-6-16(7-5-15)9-10-2-3-11(13)8-12(10)14/h2-3,8H,4-7,9,14H2,1H3. The van der Waals surface area contributed by atoms with Gasteiger partial charge in [0.2, 0.25) is 0 Å². The first-order valence-electron chi connectivity index (χ1n) is 5.60. The van der Waals surface area contributed by atoms with Gasteiger partial charge in [-0.1, -0.05) is 6.07 Å². The first-order chi connectivity index (χ1) is 7.65. The van der Waals surface area contributed by atoms with Gasteiger partial charge in [-0.2, -0.15) is 0 Å². The largest absolute Gasteiger partial charge is 0.398 e. The van der Waals surface area contributed by atoms with Gasteiger partial charge in [0.1, 0.15) is 5.82 Å². The van der Waals surface area contributed by atoms with Crippen molar-refractivity contribution in [2.45, 2.75) is 6.54 Å². The Morgan fingerprint density at radius 3 is 2.56 bits per heavy atom. The maximum Gasteiger partial charge on any atom is 0.125 e. The molecule has 0 radical (unpaired) electrons. The quantitative estimate of drug-likeness (QED) is 0.764. The second-order valence-corrected chi connectivity index (χ2v) is 4.42. The summed E-state index contributed by atoms with van der Waals surface area (Å²) in [5, 5.41) is 0. The summed E-state index contributed by atoms with van der Waals surface area (Å²) in [6, 6.07) is 4.65. The molecule has 2 rings (SSSR count). The van der Waals surface area contributed by atoms with Gasteiger partial charge in [0, 0.05) is 38.4 Å². The van der Waals surface area contributed by atoms with Crippen LogP contribution in [0.5, 0.6) is 0 Å². The van der Waals surface area contributed by atoms with Crippen LogP contribution in [0.3, 0.4) is 0 Å². The van der Waals surface area contributed by atoms with Crippen LogP contribution in [0.2, 0.25) is 0 Å². The molecule has 1 saturated heterocycles. The second kappa shape index (κ2) is 4.80. The Labute approximate surface area is 95.6 Å². The fourth-order valence-corrected chi connectivity index (χ4v) is 1.96.